The summed E-state index contributed by atoms with van der Waals surface area (Å²) in [5.41, 5.74) is 2.44. The van der Waals surface area contributed by atoms with Crippen LogP contribution in [0.15, 0.2) is 66.9 Å². The highest BCUT2D eigenvalue weighted by Gasteiger charge is 2.11. The first kappa shape index (κ1) is 18.5. The number of halogens is 2. The Morgan fingerprint density at radius 1 is 1.04 bits per heavy atom. The van der Waals surface area contributed by atoms with E-state index in [0.29, 0.717) is 0 Å². The molecule has 0 fully saturated rings. The Labute approximate surface area is 156 Å². The minimum Gasteiger partial charge on any atom is -0.366 e. The zero-order valence-electron chi connectivity index (χ0n) is 14.8. The third kappa shape index (κ3) is 4.67. The molecule has 0 spiro atoms. The van der Waals surface area contributed by atoms with Crippen molar-refractivity contribution in [2.75, 3.05) is 16.8 Å². The van der Waals surface area contributed by atoms with Crippen LogP contribution in [0.5, 0.6) is 0 Å². The second-order valence-corrected chi connectivity index (χ2v) is 5.98. The van der Waals surface area contributed by atoms with Gasteiger partial charge in [-0.05, 0) is 36.8 Å². The molecule has 3 aromatic rings. The maximum Gasteiger partial charge on any atom is 0.274 e. The third-order valence-corrected chi connectivity index (χ3v) is 4.12. The highest BCUT2D eigenvalue weighted by atomic mass is 19.2. The molecule has 0 aliphatic carbocycles. The minimum atomic E-state index is -1.02. The molecule has 0 aliphatic heterocycles. The highest BCUT2D eigenvalue weighted by molar-refractivity contribution is 6.02. The highest BCUT2D eigenvalue weighted by Crippen LogP contribution is 2.18. The molecule has 138 valence electrons. The molecule has 2 aromatic carbocycles. The van der Waals surface area contributed by atoms with Crippen LogP contribution in [0.2, 0.25) is 0 Å². The average molecular weight is 367 g/mol. The van der Waals surface area contributed by atoms with E-state index in [9.17, 15) is 13.6 Å². The van der Waals surface area contributed by atoms with Crippen molar-refractivity contribution in [3.63, 3.8) is 0 Å². The molecule has 0 radical (unpaired) electrons. The van der Waals surface area contributed by atoms with Gasteiger partial charge in [-0.15, -0.1) is 0 Å². The van der Waals surface area contributed by atoms with Crippen LogP contribution in [0.3, 0.4) is 0 Å². The zero-order chi connectivity index (χ0) is 19.2. The summed E-state index contributed by atoms with van der Waals surface area (Å²) in [4.78, 5) is 18.6. The summed E-state index contributed by atoms with van der Waals surface area (Å²) in [5, 5.41) is 2.51. The molecule has 0 saturated heterocycles. The molecule has 1 N–H and O–H groups in total. The van der Waals surface area contributed by atoms with E-state index in [1.807, 2.05) is 31.2 Å². The fourth-order valence-electron chi connectivity index (χ4n) is 2.67. The number of hydrogen-bond acceptors (Lipinski definition) is 3. The summed E-state index contributed by atoms with van der Waals surface area (Å²) in [6.07, 6.45) is 1.63. The number of rotatable bonds is 6. The number of carbonyl (C=O) groups is 1. The van der Waals surface area contributed by atoms with E-state index in [-0.39, 0.29) is 11.4 Å². The molecule has 1 aromatic heterocycles. The lowest BCUT2D eigenvalue weighted by atomic mass is 10.2. The van der Waals surface area contributed by atoms with Crippen molar-refractivity contribution in [3.8, 4) is 0 Å². The Kier molecular flexibility index (Phi) is 5.76. The average Bonchev–Trinajstić information content (AvgIpc) is 2.70. The second kappa shape index (κ2) is 8.40. The normalized spacial score (nSPS) is 10.5. The maximum absolute atomic E-state index is 13.2. The molecule has 0 bridgehead atoms. The number of benzene rings is 2. The third-order valence-electron chi connectivity index (χ3n) is 4.12. The summed E-state index contributed by atoms with van der Waals surface area (Å²) in [7, 11) is 0. The van der Waals surface area contributed by atoms with E-state index >= 15 is 0 Å². The van der Waals surface area contributed by atoms with Crippen molar-refractivity contribution in [1.29, 1.82) is 0 Å². The van der Waals surface area contributed by atoms with Gasteiger partial charge in [0, 0.05) is 24.8 Å². The summed E-state index contributed by atoms with van der Waals surface area (Å²) in [6.45, 7) is 3.57. The molecule has 6 heteroatoms. The Morgan fingerprint density at radius 2 is 1.81 bits per heavy atom. The fraction of sp³-hybridized carbons (Fsp3) is 0.143. The number of anilines is 2. The number of carbonyl (C=O) groups excluding carboxylic acids is 1. The van der Waals surface area contributed by atoms with Gasteiger partial charge in [-0.2, -0.15) is 0 Å². The molecule has 1 amide bonds. The molecule has 27 heavy (non-hydrogen) atoms. The van der Waals surface area contributed by atoms with Crippen molar-refractivity contribution in [1.82, 2.24) is 4.98 Å². The molecular weight excluding hydrogens is 348 g/mol. The van der Waals surface area contributed by atoms with Crippen molar-refractivity contribution in [2.45, 2.75) is 13.5 Å². The van der Waals surface area contributed by atoms with Gasteiger partial charge in [0.15, 0.2) is 11.6 Å². The van der Waals surface area contributed by atoms with E-state index in [0.717, 1.165) is 30.9 Å². The van der Waals surface area contributed by atoms with Crippen molar-refractivity contribution < 1.29 is 13.6 Å². The first-order valence-electron chi connectivity index (χ1n) is 8.58. The Morgan fingerprint density at radius 3 is 2.44 bits per heavy atom. The smallest absolute Gasteiger partial charge is 0.274 e. The SMILES string of the molecule is CCN(Cc1ccccc1)c1ccc(C(=O)Nc2ccc(F)c(F)c2)nc1. The van der Waals surface area contributed by atoms with Crippen LogP contribution in [0.1, 0.15) is 23.0 Å². The van der Waals surface area contributed by atoms with Crippen LogP contribution >= 0.6 is 0 Å². The predicted octanol–water partition coefficient (Wildman–Crippen LogP) is 4.64. The van der Waals surface area contributed by atoms with Gasteiger partial charge in [0.05, 0.1) is 11.9 Å². The van der Waals surface area contributed by atoms with Crippen molar-refractivity contribution in [3.05, 3.63) is 89.8 Å². The maximum atomic E-state index is 13.2. The standard InChI is InChI=1S/C21H19F2N3O/c1-2-26(14-15-6-4-3-5-7-15)17-9-11-20(24-13-17)21(27)25-16-8-10-18(22)19(23)12-16/h3-13H,2,14H2,1H3,(H,25,27). The molecule has 0 saturated carbocycles. The van der Waals surface area contributed by atoms with Gasteiger partial charge in [0.25, 0.3) is 5.91 Å². The van der Waals surface area contributed by atoms with Crippen LogP contribution in [-0.4, -0.2) is 17.4 Å². The molecule has 1 heterocycles. The number of nitrogens with zero attached hydrogens (tertiary/aromatic N) is 2. The monoisotopic (exact) mass is 367 g/mol. The topological polar surface area (TPSA) is 45.2 Å². The van der Waals surface area contributed by atoms with E-state index in [1.165, 1.54) is 11.6 Å². The van der Waals surface area contributed by atoms with E-state index < -0.39 is 17.5 Å². The lowest BCUT2D eigenvalue weighted by Gasteiger charge is -2.23. The van der Waals surface area contributed by atoms with Crippen molar-refractivity contribution >= 4 is 17.3 Å². The molecule has 3 rings (SSSR count). The predicted molar refractivity (Wildman–Crippen MR) is 102 cm³/mol. The first-order chi connectivity index (χ1) is 13.1. The van der Waals surface area contributed by atoms with E-state index in [1.54, 1.807) is 12.3 Å². The lowest BCUT2D eigenvalue weighted by Crippen LogP contribution is -2.22. The fourth-order valence-corrected chi connectivity index (χ4v) is 2.67. The second-order valence-electron chi connectivity index (χ2n) is 5.98. The first-order valence-corrected chi connectivity index (χ1v) is 8.58. The van der Waals surface area contributed by atoms with Crippen LogP contribution in [0.4, 0.5) is 20.2 Å². The van der Waals surface area contributed by atoms with Crippen LogP contribution in [-0.2, 0) is 6.54 Å². The van der Waals surface area contributed by atoms with Crippen LogP contribution in [0, 0.1) is 11.6 Å². The van der Waals surface area contributed by atoms with Crippen molar-refractivity contribution in [2.24, 2.45) is 0 Å². The minimum absolute atomic E-state index is 0.170. The summed E-state index contributed by atoms with van der Waals surface area (Å²) >= 11 is 0. The zero-order valence-corrected chi connectivity index (χ0v) is 14.8. The largest absolute Gasteiger partial charge is 0.366 e. The molecule has 0 atom stereocenters. The van der Waals surface area contributed by atoms with Gasteiger partial charge in [-0.3, -0.25) is 4.79 Å². The van der Waals surface area contributed by atoms with Crippen LogP contribution in [0.25, 0.3) is 0 Å². The van der Waals surface area contributed by atoms with E-state index in [4.69, 9.17) is 0 Å². The van der Waals surface area contributed by atoms with Crippen LogP contribution < -0.4 is 10.2 Å². The molecule has 4 nitrogen and oxygen atoms in total. The van der Waals surface area contributed by atoms with Gasteiger partial charge in [-0.1, -0.05) is 30.3 Å². The number of aromatic nitrogens is 1. The molecule has 0 aliphatic rings. The van der Waals surface area contributed by atoms with Gasteiger partial charge in [-0.25, -0.2) is 13.8 Å². The van der Waals surface area contributed by atoms with Gasteiger partial charge in [0.2, 0.25) is 0 Å². The summed E-state index contributed by atoms with van der Waals surface area (Å²) < 4.78 is 26.2. The van der Waals surface area contributed by atoms with Gasteiger partial charge < -0.3 is 10.2 Å². The number of amides is 1. The van der Waals surface area contributed by atoms with Gasteiger partial charge in [0.1, 0.15) is 5.69 Å². The lowest BCUT2D eigenvalue weighted by molar-refractivity contribution is 0.102. The molecule has 0 unspecified atom stereocenters. The van der Waals surface area contributed by atoms with E-state index in [2.05, 4.69) is 27.3 Å². The Bertz CT molecular complexity index is 914. The molecular formula is C21H19F2N3O. The Balaban J connectivity index is 1.69. The number of hydrogen-bond donors (Lipinski definition) is 1. The van der Waals surface area contributed by atoms with Gasteiger partial charge >= 0.3 is 0 Å². The number of nitrogens with one attached hydrogen (secondary N) is 1. The number of pyridine rings is 1. The summed E-state index contributed by atoms with van der Waals surface area (Å²) in [5.74, 6) is -2.47. The summed E-state index contributed by atoms with van der Waals surface area (Å²) in [6, 6.07) is 16.7. The quantitative estimate of drug-likeness (QED) is 0.690. The Hall–Kier alpha value is -3.28.